The van der Waals surface area contributed by atoms with E-state index >= 15 is 0 Å². The number of carbonyl (C=O) groups is 2. The molecular formula is C21H23NO4. The molecule has 0 aromatic heterocycles. The molecule has 2 aromatic rings. The molecule has 1 saturated heterocycles. The van der Waals surface area contributed by atoms with Crippen LogP contribution in [0.2, 0.25) is 0 Å². The molecular weight excluding hydrogens is 330 g/mol. The van der Waals surface area contributed by atoms with Gasteiger partial charge in [-0.15, -0.1) is 0 Å². The number of ether oxygens (including phenoxy) is 1. The fourth-order valence-corrected chi connectivity index (χ4v) is 3.38. The summed E-state index contributed by atoms with van der Waals surface area (Å²) in [5.74, 6) is -1.77. The molecule has 2 aromatic carbocycles. The Balaban J connectivity index is 1.52. The van der Waals surface area contributed by atoms with Crippen molar-refractivity contribution in [3.05, 3.63) is 71.8 Å². The van der Waals surface area contributed by atoms with Gasteiger partial charge in [0.15, 0.2) is 0 Å². The molecule has 1 fully saturated rings. The molecule has 0 unspecified atom stereocenters. The number of benzene rings is 2. The Morgan fingerprint density at radius 3 is 2.31 bits per heavy atom. The van der Waals surface area contributed by atoms with E-state index in [2.05, 4.69) is 0 Å². The van der Waals surface area contributed by atoms with Crippen LogP contribution in [0.3, 0.4) is 0 Å². The highest BCUT2D eigenvalue weighted by atomic mass is 16.5. The lowest BCUT2D eigenvalue weighted by Gasteiger charge is -2.16. The first-order valence-electron chi connectivity index (χ1n) is 8.82. The van der Waals surface area contributed by atoms with Crippen molar-refractivity contribution < 1.29 is 19.4 Å². The zero-order valence-electron chi connectivity index (χ0n) is 14.6. The molecule has 0 spiro atoms. The molecule has 1 heterocycles. The van der Waals surface area contributed by atoms with Crippen molar-refractivity contribution in [3.63, 3.8) is 0 Å². The van der Waals surface area contributed by atoms with E-state index in [-0.39, 0.29) is 25.0 Å². The quantitative estimate of drug-likeness (QED) is 0.777. The second-order valence-electron chi connectivity index (χ2n) is 6.55. The van der Waals surface area contributed by atoms with Crippen LogP contribution in [0.1, 0.15) is 17.0 Å². The van der Waals surface area contributed by atoms with E-state index in [0.717, 1.165) is 17.5 Å². The standard InChI is InChI=1S/C21H23NO4/c23-20(15-26-12-11-16-7-3-1-4-8-16)22-13-18(19(14-22)21(24)25)17-9-5-2-6-10-17/h1-10,18-19H,11-15H2,(H,24,25)/t18-,19-/m1/s1. The third-order valence-electron chi connectivity index (χ3n) is 4.82. The average Bonchev–Trinajstić information content (AvgIpc) is 3.12. The molecule has 136 valence electrons. The Morgan fingerprint density at radius 1 is 1.00 bits per heavy atom. The zero-order valence-corrected chi connectivity index (χ0v) is 14.6. The molecule has 1 amide bonds. The highest BCUT2D eigenvalue weighted by Gasteiger charge is 2.40. The predicted molar refractivity (Wildman–Crippen MR) is 97.9 cm³/mol. The van der Waals surface area contributed by atoms with Crippen LogP contribution in [-0.4, -0.2) is 48.2 Å². The van der Waals surface area contributed by atoms with Gasteiger partial charge in [-0.05, 0) is 17.5 Å². The van der Waals surface area contributed by atoms with E-state index in [4.69, 9.17) is 4.74 Å². The highest BCUT2D eigenvalue weighted by molar-refractivity contribution is 5.80. The van der Waals surface area contributed by atoms with Gasteiger partial charge in [0.1, 0.15) is 6.61 Å². The van der Waals surface area contributed by atoms with Crippen LogP contribution in [-0.2, 0) is 20.7 Å². The van der Waals surface area contributed by atoms with Gasteiger partial charge in [0.05, 0.1) is 12.5 Å². The highest BCUT2D eigenvalue weighted by Crippen LogP contribution is 2.32. The van der Waals surface area contributed by atoms with E-state index in [0.29, 0.717) is 13.2 Å². The SMILES string of the molecule is O=C(O)[C@@H]1CN(C(=O)COCCc2ccccc2)C[C@@H]1c1ccccc1. The number of amides is 1. The number of aliphatic carboxylic acids is 1. The maximum absolute atomic E-state index is 12.4. The number of carboxylic acids is 1. The summed E-state index contributed by atoms with van der Waals surface area (Å²) in [4.78, 5) is 25.6. The van der Waals surface area contributed by atoms with Crippen LogP contribution in [0.15, 0.2) is 60.7 Å². The minimum Gasteiger partial charge on any atom is -0.481 e. The Kier molecular flexibility index (Phi) is 6.02. The maximum Gasteiger partial charge on any atom is 0.308 e. The largest absolute Gasteiger partial charge is 0.481 e. The normalized spacial score (nSPS) is 19.5. The fraction of sp³-hybridized carbons (Fsp3) is 0.333. The van der Waals surface area contributed by atoms with Crippen LogP contribution in [0.25, 0.3) is 0 Å². The van der Waals surface area contributed by atoms with Gasteiger partial charge >= 0.3 is 5.97 Å². The summed E-state index contributed by atoms with van der Waals surface area (Å²) in [5.41, 5.74) is 2.12. The predicted octanol–water partition coefficient (Wildman–Crippen LogP) is 2.57. The number of rotatable bonds is 7. The van der Waals surface area contributed by atoms with E-state index in [9.17, 15) is 14.7 Å². The van der Waals surface area contributed by atoms with Crippen molar-refractivity contribution in [2.75, 3.05) is 26.3 Å². The number of nitrogens with zero attached hydrogens (tertiary/aromatic N) is 1. The van der Waals surface area contributed by atoms with Gasteiger partial charge in [0.25, 0.3) is 0 Å². The van der Waals surface area contributed by atoms with Crippen molar-refractivity contribution in [1.82, 2.24) is 4.90 Å². The number of hydrogen-bond donors (Lipinski definition) is 1. The Labute approximate surface area is 153 Å². The lowest BCUT2D eigenvalue weighted by molar-refractivity contribution is -0.142. The van der Waals surface area contributed by atoms with Crippen LogP contribution in [0, 0.1) is 5.92 Å². The molecule has 0 saturated carbocycles. The Bertz CT molecular complexity index is 732. The molecule has 0 radical (unpaired) electrons. The molecule has 2 atom stereocenters. The van der Waals surface area contributed by atoms with Crippen LogP contribution < -0.4 is 0 Å². The first kappa shape index (κ1) is 18.1. The van der Waals surface area contributed by atoms with E-state index < -0.39 is 11.9 Å². The summed E-state index contributed by atoms with van der Waals surface area (Å²) in [7, 11) is 0. The third-order valence-corrected chi connectivity index (χ3v) is 4.82. The van der Waals surface area contributed by atoms with Gasteiger partial charge in [0, 0.05) is 19.0 Å². The van der Waals surface area contributed by atoms with Gasteiger partial charge in [-0.1, -0.05) is 60.7 Å². The Hall–Kier alpha value is -2.66. The summed E-state index contributed by atoms with van der Waals surface area (Å²) in [6.45, 7) is 1.10. The lowest BCUT2D eigenvalue weighted by atomic mass is 9.89. The molecule has 26 heavy (non-hydrogen) atoms. The maximum atomic E-state index is 12.4. The topological polar surface area (TPSA) is 66.8 Å². The fourth-order valence-electron chi connectivity index (χ4n) is 3.38. The third kappa shape index (κ3) is 4.49. The minimum atomic E-state index is -0.862. The second kappa shape index (κ2) is 8.63. The average molecular weight is 353 g/mol. The molecule has 3 rings (SSSR count). The minimum absolute atomic E-state index is 0.0132. The van der Waals surface area contributed by atoms with E-state index in [1.54, 1.807) is 4.90 Å². The van der Waals surface area contributed by atoms with Crippen LogP contribution >= 0.6 is 0 Å². The molecule has 0 aliphatic carbocycles. The Morgan fingerprint density at radius 2 is 1.65 bits per heavy atom. The molecule has 1 aliphatic heterocycles. The smallest absolute Gasteiger partial charge is 0.308 e. The van der Waals surface area contributed by atoms with Gasteiger partial charge in [-0.3, -0.25) is 9.59 Å². The monoisotopic (exact) mass is 353 g/mol. The number of carbonyl (C=O) groups excluding carboxylic acids is 1. The van der Waals surface area contributed by atoms with Crippen molar-refractivity contribution in [3.8, 4) is 0 Å². The van der Waals surface area contributed by atoms with Crippen molar-refractivity contribution >= 4 is 11.9 Å². The van der Waals surface area contributed by atoms with Gasteiger partial charge in [-0.25, -0.2) is 0 Å². The number of likely N-dealkylation sites (tertiary alicyclic amines) is 1. The lowest BCUT2D eigenvalue weighted by Crippen LogP contribution is -2.33. The van der Waals surface area contributed by atoms with Gasteiger partial charge in [-0.2, -0.15) is 0 Å². The van der Waals surface area contributed by atoms with Crippen LogP contribution in [0.4, 0.5) is 0 Å². The first-order valence-corrected chi connectivity index (χ1v) is 8.82. The zero-order chi connectivity index (χ0) is 18.4. The van der Waals surface area contributed by atoms with E-state index in [1.807, 2.05) is 60.7 Å². The first-order chi connectivity index (χ1) is 12.6. The summed E-state index contributed by atoms with van der Waals surface area (Å²) in [6, 6.07) is 19.5. The summed E-state index contributed by atoms with van der Waals surface area (Å²) in [6.07, 6.45) is 0.749. The number of hydrogen-bond acceptors (Lipinski definition) is 3. The molecule has 5 heteroatoms. The second-order valence-corrected chi connectivity index (χ2v) is 6.55. The molecule has 1 N–H and O–H groups in total. The molecule has 5 nitrogen and oxygen atoms in total. The van der Waals surface area contributed by atoms with Gasteiger partial charge < -0.3 is 14.7 Å². The van der Waals surface area contributed by atoms with Crippen molar-refractivity contribution in [2.45, 2.75) is 12.3 Å². The van der Waals surface area contributed by atoms with Crippen molar-refractivity contribution in [2.24, 2.45) is 5.92 Å². The van der Waals surface area contributed by atoms with Crippen LogP contribution in [0.5, 0.6) is 0 Å². The van der Waals surface area contributed by atoms with Crippen molar-refractivity contribution in [1.29, 1.82) is 0 Å². The molecule has 1 aliphatic rings. The van der Waals surface area contributed by atoms with E-state index in [1.165, 1.54) is 0 Å². The summed E-state index contributed by atoms with van der Waals surface area (Å²) < 4.78 is 5.51. The van der Waals surface area contributed by atoms with Gasteiger partial charge in [0.2, 0.25) is 5.91 Å². The summed E-state index contributed by atoms with van der Waals surface area (Å²) in [5, 5.41) is 9.52. The number of carboxylic acid groups (broad SMARTS) is 1. The summed E-state index contributed by atoms with van der Waals surface area (Å²) >= 11 is 0. The molecule has 0 bridgehead atoms.